The van der Waals surface area contributed by atoms with E-state index < -0.39 is 0 Å². The molecular formula is C18H26N4O3S. The summed E-state index contributed by atoms with van der Waals surface area (Å²) in [6.45, 7) is 7.98. The molecule has 0 aliphatic heterocycles. The van der Waals surface area contributed by atoms with E-state index in [1.54, 1.807) is 18.3 Å². The van der Waals surface area contributed by atoms with E-state index in [1.165, 1.54) is 16.7 Å². The molecule has 0 spiro atoms. The van der Waals surface area contributed by atoms with Crippen LogP contribution in [-0.2, 0) is 17.6 Å². The van der Waals surface area contributed by atoms with Crippen LogP contribution in [0.25, 0.3) is 0 Å². The standard InChI is InChI=1S/C18H26N4O3S/c1-6-22(11-15(23)20-18(2,3)4)16(24)14-8-7-13(25-14)12-26-17-19-9-10-21(17)5/h7-10H,6,11-12H2,1-5H3,(H,20,23). The van der Waals surface area contributed by atoms with Crippen LogP contribution in [0.3, 0.4) is 0 Å². The van der Waals surface area contributed by atoms with Gasteiger partial charge in [-0.15, -0.1) is 0 Å². The highest BCUT2D eigenvalue weighted by molar-refractivity contribution is 7.98. The number of hydrogen-bond donors (Lipinski definition) is 1. The summed E-state index contributed by atoms with van der Waals surface area (Å²) in [6, 6.07) is 3.44. The number of rotatable bonds is 7. The van der Waals surface area contributed by atoms with Crippen molar-refractivity contribution in [2.24, 2.45) is 7.05 Å². The molecule has 2 heterocycles. The van der Waals surface area contributed by atoms with Crippen LogP contribution < -0.4 is 5.32 Å². The number of nitrogens with zero attached hydrogens (tertiary/aromatic N) is 3. The van der Waals surface area contributed by atoms with Gasteiger partial charge in [0.25, 0.3) is 5.91 Å². The lowest BCUT2D eigenvalue weighted by Crippen LogP contribution is -2.47. The number of nitrogens with one attached hydrogen (secondary N) is 1. The van der Waals surface area contributed by atoms with Crippen molar-refractivity contribution < 1.29 is 14.0 Å². The second-order valence-corrected chi connectivity index (χ2v) is 7.94. The van der Waals surface area contributed by atoms with Gasteiger partial charge in [-0.25, -0.2) is 4.98 Å². The molecule has 0 fully saturated rings. The molecule has 0 atom stereocenters. The van der Waals surface area contributed by atoms with Gasteiger partial charge >= 0.3 is 0 Å². The van der Waals surface area contributed by atoms with Gasteiger partial charge in [-0.3, -0.25) is 9.59 Å². The molecule has 1 N–H and O–H groups in total. The molecule has 142 valence electrons. The number of imidazole rings is 1. The van der Waals surface area contributed by atoms with Crippen molar-refractivity contribution in [1.29, 1.82) is 0 Å². The van der Waals surface area contributed by atoms with Gasteiger partial charge in [0, 0.05) is 31.5 Å². The van der Waals surface area contributed by atoms with E-state index in [9.17, 15) is 9.59 Å². The van der Waals surface area contributed by atoms with Crippen LogP contribution in [0.2, 0.25) is 0 Å². The topological polar surface area (TPSA) is 80.4 Å². The van der Waals surface area contributed by atoms with Crippen molar-refractivity contribution in [3.05, 3.63) is 36.0 Å². The maximum absolute atomic E-state index is 12.6. The first-order valence-electron chi connectivity index (χ1n) is 8.48. The Labute approximate surface area is 158 Å². The summed E-state index contributed by atoms with van der Waals surface area (Å²) in [5.41, 5.74) is -0.334. The third-order valence-electron chi connectivity index (χ3n) is 3.51. The van der Waals surface area contributed by atoms with Crippen molar-refractivity contribution in [3.8, 4) is 0 Å². The highest BCUT2D eigenvalue weighted by Crippen LogP contribution is 2.22. The van der Waals surface area contributed by atoms with Crippen molar-refractivity contribution in [2.75, 3.05) is 13.1 Å². The first-order chi connectivity index (χ1) is 12.2. The third-order valence-corrected chi connectivity index (χ3v) is 4.59. The van der Waals surface area contributed by atoms with E-state index in [0.717, 1.165) is 5.16 Å². The minimum atomic E-state index is -0.334. The number of likely N-dealkylation sites (N-methyl/N-ethyl adjacent to an activating group) is 1. The quantitative estimate of drug-likeness (QED) is 0.749. The molecule has 0 bridgehead atoms. The van der Waals surface area contributed by atoms with Crippen molar-refractivity contribution in [1.82, 2.24) is 19.8 Å². The smallest absolute Gasteiger partial charge is 0.290 e. The Kier molecular flexibility index (Phi) is 6.52. The molecule has 2 rings (SSSR count). The Morgan fingerprint density at radius 3 is 2.65 bits per heavy atom. The van der Waals surface area contributed by atoms with Gasteiger partial charge in [0.15, 0.2) is 10.9 Å². The monoisotopic (exact) mass is 378 g/mol. The summed E-state index contributed by atoms with van der Waals surface area (Å²) in [6.07, 6.45) is 3.61. The Hall–Kier alpha value is -2.22. The zero-order valence-electron chi connectivity index (χ0n) is 15.9. The lowest BCUT2D eigenvalue weighted by molar-refractivity contribution is -0.123. The van der Waals surface area contributed by atoms with Gasteiger partial charge in [0.1, 0.15) is 5.76 Å². The molecule has 0 aliphatic rings. The van der Waals surface area contributed by atoms with Crippen LogP contribution in [0.4, 0.5) is 0 Å². The van der Waals surface area contributed by atoms with Crippen molar-refractivity contribution in [2.45, 2.75) is 44.1 Å². The minimum Gasteiger partial charge on any atom is -0.455 e. The van der Waals surface area contributed by atoms with Crippen LogP contribution in [0.1, 0.15) is 44.0 Å². The number of aromatic nitrogens is 2. The second kappa shape index (κ2) is 8.44. The van der Waals surface area contributed by atoms with Gasteiger partial charge in [0.2, 0.25) is 5.91 Å². The first-order valence-corrected chi connectivity index (χ1v) is 9.47. The minimum absolute atomic E-state index is 0.00462. The summed E-state index contributed by atoms with van der Waals surface area (Å²) >= 11 is 1.53. The molecule has 7 nitrogen and oxygen atoms in total. The van der Waals surface area contributed by atoms with E-state index in [4.69, 9.17) is 4.42 Å². The molecule has 2 aromatic rings. The first kappa shape index (κ1) is 20.1. The van der Waals surface area contributed by atoms with E-state index in [0.29, 0.717) is 18.1 Å². The molecule has 0 unspecified atom stereocenters. The van der Waals surface area contributed by atoms with E-state index in [-0.39, 0.29) is 29.7 Å². The highest BCUT2D eigenvalue weighted by Gasteiger charge is 2.22. The molecular weight excluding hydrogens is 352 g/mol. The molecule has 0 radical (unpaired) electrons. The zero-order chi connectivity index (χ0) is 19.3. The van der Waals surface area contributed by atoms with E-state index >= 15 is 0 Å². The predicted octanol–water partition coefficient (Wildman–Crippen LogP) is 2.68. The number of furan rings is 1. The average molecular weight is 378 g/mol. The Morgan fingerprint density at radius 2 is 2.08 bits per heavy atom. The number of hydrogen-bond acceptors (Lipinski definition) is 5. The molecule has 26 heavy (non-hydrogen) atoms. The number of amides is 2. The number of carbonyl (C=O) groups excluding carboxylic acids is 2. The summed E-state index contributed by atoms with van der Waals surface area (Å²) in [4.78, 5) is 30.4. The second-order valence-electron chi connectivity index (χ2n) is 6.99. The van der Waals surface area contributed by atoms with Crippen LogP contribution in [0.5, 0.6) is 0 Å². The fraction of sp³-hybridized carbons (Fsp3) is 0.500. The van der Waals surface area contributed by atoms with Crippen LogP contribution in [0.15, 0.2) is 34.1 Å². The number of carbonyl (C=O) groups is 2. The lowest BCUT2D eigenvalue weighted by Gasteiger charge is -2.24. The van der Waals surface area contributed by atoms with Crippen molar-refractivity contribution in [3.63, 3.8) is 0 Å². The Morgan fingerprint density at radius 1 is 1.35 bits per heavy atom. The third kappa shape index (κ3) is 5.66. The van der Waals surface area contributed by atoms with E-state index in [1.807, 2.05) is 45.5 Å². The average Bonchev–Trinajstić information content (AvgIpc) is 3.17. The zero-order valence-corrected chi connectivity index (χ0v) is 16.7. The Bertz CT molecular complexity index is 761. The van der Waals surface area contributed by atoms with Gasteiger partial charge in [0.05, 0.1) is 12.3 Å². The fourth-order valence-electron chi connectivity index (χ4n) is 2.31. The SMILES string of the molecule is CCN(CC(=O)NC(C)(C)C)C(=O)c1ccc(CSc2nccn2C)o1. The van der Waals surface area contributed by atoms with Crippen LogP contribution >= 0.6 is 11.8 Å². The summed E-state index contributed by atoms with van der Waals surface area (Å²) in [7, 11) is 1.92. The molecule has 0 aromatic carbocycles. The normalized spacial score (nSPS) is 11.4. The molecule has 0 aliphatic carbocycles. The van der Waals surface area contributed by atoms with Gasteiger partial charge in [-0.1, -0.05) is 11.8 Å². The molecule has 0 saturated carbocycles. The Balaban J connectivity index is 1.96. The van der Waals surface area contributed by atoms with Gasteiger partial charge in [-0.05, 0) is 39.8 Å². The van der Waals surface area contributed by atoms with Crippen molar-refractivity contribution >= 4 is 23.6 Å². The van der Waals surface area contributed by atoms with Crippen LogP contribution in [0, 0.1) is 0 Å². The maximum atomic E-state index is 12.6. The van der Waals surface area contributed by atoms with Gasteiger partial charge < -0.3 is 19.2 Å². The number of aryl methyl sites for hydroxylation is 1. The highest BCUT2D eigenvalue weighted by atomic mass is 32.2. The molecule has 8 heteroatoms. The summed E-state index contributed by atoms with van der Waals surface area (Å²) in [5, 5.41) is 3.74. The largest absolute Gasteiger partial charge is 0.455 e. The lowest BCUT2D eigenvalue weighted by atomic mass is 10.1. The van der Waals surface area contributed by atoms with Crippen LogP contribution in [-0.4, -0.2) is 44.9 Å². The predicted molar refractivity (Wildman–Crippen MR) is 101 cm³/mol. The molecule has 2 aromatic heterocycles. The number of thioether (sulfide) groups is 1. The summed E-state index contributed by atoms with van der Waals surface area (Å²) in [5.74, 6) is 1.03. The maximum Gasteiger partial charge on any atom is 0.290 e. The van der Waals surface area contributed by atoms with E-state index in [2.05, 4.69) is 10.3 Å². The summed E-state index contributed by atoms with van der Waals surface area (Å²) < 4.78 is 7.59. The molecule has 0 saturated heterocycles. The van der Waals surface area contributed by atoms with Gasteiger partial charge in [-0.2, -0.15) is 0 Å². The fourth-order valence-corrected chi connectivity index (χ4v) is 3.14. The molecule has 2 amide bonds.